The largest absolute Gasteiger partial charge is 0.493 e. The minimum Gasteiger partial charge on any atom is -0.493 e. The molecule has 0 unspecified atom stereocenters. The van der Waals surface area contributed by atoms with Gasteiger partial charge < -0.3 is 14.8 Å². The number of hydrogen-bond donors (Lipinski definition) is 1. The summed E-state index contributed by atoms with van der Waals surface area (Å²) in [7, 11) is 1.62. The average molecular weight is 298 g/mol. The zero-order valence-electron chi connectivity index (χ0n) is 12.5. The topological polar surface area (TPSA) is 30.5 Å². The average Bonchev–Trinajstić information content (AvgIpc) is 2.40. The first-order valence-electron chi connectivity index (χ1n) is 6.89. The molecule has 0 aliphatic carbocycles. The molecule has 0 atom stereocenters. The van der Waals surface area contributed by atoms with Crippen LogP contribution >= 0.6 is 11.6 Å². The molecular formula is C16H24ClNO2. The van der Waals surface area contributed by atoms with E-state index in [0.717, 1.165) is 24.3 Å². The Kier molecular flexibility index (Phi) is 7.48. The molecule has 1 N–H and O–H groups in total. The number of rotatable bonds is 9. The third kappa shape index (κ3) is 5.43. The zero-order chi connectivity index (χ0) is 15.0. The fourth-order valence-corrected chi connectivity index (χ4v) is 2.04. The van der Waals surface area contributed by atoms with Crippen molar-refractivity contribution in [2.75, 3.05) is 20.3 Å². The third-order valence-corrected chi connectivity index (χ3v) is 2.97. The van der Waals surface area contributed by atoms with Gasteiger partial charge in [0.1, 0.15) is 0 Å². The second-order valence-corrected chi connectivity index (χ2v) is 5.48. The highest BCUT2D eigenvalue weighted by atomic mass is 35.5. The lowest BCUT2D eigenvalue weighted by Gasteiger charge is -2.16. The van der Waals surface area contributed by atoms with E-state index in [1.807, 2.05) is 12.1 Å². The lowest BCUT2D eigenvalue weighted by atomic mass is 10.1. The van der Waals surface area contributed by atoms with Crippen molar-refractivity contribution < 1.29 is 9.47 Å². The Bertz CT molecular complexity index is 433. The van der Waals surface area contributed by atoms with Crippen molar-refractivity contribution in [2.24, 2.45) is 5.92 Å². The molecule has 1 aromatic rings. The lowest BCUT2D eigenvalue weighted by Crippen LogP contribution is -2.19. The van der Waals surface area contributed by atoms with Gasteiger partial charge in [-0.3, -0.25) is 0 Å². The van der Waals surface area contributed by atoms with Crippen LogP contribution in [0.5, 0.6) is 11.5 Å². The van der Waals surface area contributed by atoms with E-state index in [1.165, 1.54) is 0 Å². The summed E-state index contributed by atoms with van der Waals surface area (Å²) in [4.78, 5) is 0. The number of halogens is 1. The van der Waals surface area contributed by atoms with Gasteiger partial charge in [0.25, 0.3) is 0 Å². The Balaban J connectivity index is 2.86. The number of methoxy groups -OCH3 is 1. The van der Waals surface area contributed by atoms with Crippen LogP contribution in [0, 0.1) is 5.92 Å². The molecule has 0 aliphatic rings. The molecule has 0 aromatic heterocycles. The van der Waals surface area contributed by atoms with Gasteiger partial charge in [0, 0.05) is 23.2 Å². The van der Waals surface area contributed by atoms with E-state index in [1.54, 1.807) is 13.2 Å². The fraction of sp³-hybridized carbons (Fsp3) is 0.500. The second kappa shape index (κ2) is 8.88. The van der Waals surface area contributed by atoms with Crippen LogP contribution in [0.25, 0.3) is 0 Å². The molecule has 0 spiro atoms. The number of hydrogen-bond acceptors (Lipinski definition) is 3. The summed E-state index contributed by atoms with van der Waals surface area (Å²) in [5, 5.41) is 4.05. The summed E-state index contributed by atoms with van der Waals surface area (Å²) in [5.41, 5.74) is 1.01. The van der Waals surface area contributed by atoms with E-state index in [9.17, 15) is 0 Å². The first kappa shape index (κ1) is 16.9. The van der Waals surface area contributed by atoms with Crippen molar-refractivity contribution in [1.29, 1.82) is 0 Å². The molecule has 0 heterocycles. The van der Waals surface area contributed by atoms with E-state index in [4.69, 9.17) is 21.1 Å². The Morgan fingerprint density at radius 2 is 2.15 bits per heavy atom. The molecule has 0 radical (unpaired) electrons. The molecule has 0 aliphatic heterocycles. The van der Waals surface area contributed by atoms with Crippen molar-refractivity contribution >= 4 is 11.6 Å². The van der Waals surface area contributed by atoms with Crippen LogP contribution in [-0.2, 0) is 6.54 Å². The van der Waals surface area contributed by atoms with Gasteiger partial charge in [-0.1, -0.05) is 31.5 Å². The van der Waals surface area contributed by atoms with Crippen molar-refractivity contribution in [3.05, 3.63) is 35.4 Å². The van der Waals surface area contributed by atoms with Crippen molar-refractivity contribution in [2.45, 2.75) is 26.8 Å². The van der Waals surface area contributed by atoms with Crippen LogP contribution in [0.3, 0.4) is 0 Å². The van der Waals surface area contributed by atoms with E-state index in [-0.39, 0.29) is 0 Å². The molecule has 20 heavy (non-hydrogen) atoms. The van der Waals surface area contributed by atoms with Crippen LogP contribution in [0.1, 0.15) is 25.8 Å². The number of nitrogens with one attached hydrogen (secondary N) is 1. The maximum atomic E-state index is 6.12. The molecule has 4 heteroatoms. The van der Waals surface area contributed by atoms with E-state index >= 15 is 0 Å². The molecule has 1 aromatic carbocycles. The number of ether oxygens (including phenoxy) is 2. The molecule has 0 bridgehead atoms. The summed E-state index contributed by atoms with van der Waals surface area (Å²) >= 11 is 6.12. The van der Waals surface area contributed by atoms with Gasteiger partial charge in [0.2, 0.25) is 0 Å². The molecule has 0 fully saturated rings. The minimum atomic E-state index is 0.582. The summed E-state index contributed by atoms with van der Waals surface area (Å²) in [6.07, 6.45) is 2.63. The molecule has 112 valence electrons. The molecule has 0 amide bonds. The van der Waals surface area contributed by atoms with E-state index in [2.05, 4.69) is 25.7 Å². The van der Waals surface area contributed by atoms with Crippen LogP contribution < -0.4 is 14.8 Å². The highest BCUT2D eigenvalue weighted by molar-refractivity contribution is 6.30. The molecule has 1 rings (SSSR count). The van der Waals surface area contributed by atoms with Crippen molar-refractivity contribution in [3.63, 3.8) is 0 Å². The molecule has 3 nitrogen and oxygen atoms in total. The van der Waals surface area contributed by atoms with E-state index in [0.29, 0.717) is 29.8 Å². The van der Waals surface area contributed by atoms with Crippen LogP contribution in [-0.4, -0.2) is 20.3 Å². The summed E-state index contributed by atoms with van der Waals surface area (Å²) in [5.74, 6) is 2.03. The zero-order valence-corrected chi connectivity index (χ0v) is 13.3. The van der Waals surface area contributed by atoms with Crippen LogP contribution in [0.15, 0.2) is 24.8 Å². The predicted octanol–water partition coefficient (Wildman–Crippen LogP) is 4.05. The fourth-order valence-electron chi connectivity index (χ4n) is 1.81. The van der Waals surface area contributed by atoms with Crippen LogP contribution in [0.2, 0.25) is 5.02 Å². The molecule has 0 saturated heterocycles. The van der Waals surface area contributed by atoms with Gasteiger partial charge in [-0.15, -0.1) is 6.58 Å². The van der Waals surface area contributed by atoms with Gasteiger partial charge in [-0.2, -0.15) is 0 Å². The minimum absolute atomic E-state index is 0.582. The number of benzene rings is 1. The smallest absolute Gasteiger partial charge is 0.165 e. The van der Waals surface area contributed by atoms with Gasteiger partial charge in [-0.25, -0.2) is 0 Å². The summed E-state index contributed by atoms with van der Waals surface area (Å²) in [6, 6.07) is 3.69. The Morgan fingerprint density at radius 3 is 2.75 bits per heavy atom. The summed E-state index contributed by atoms with van der Waals surface area (Å²) in [6.45, 7) is 10.3. The highest BCUT2D eigenvalue weighted by Crippen LogP contribution is 2.34. The van der Waals surface area contributed by atoms with Crippen LogP contribution in [0.4, 0.5) is 0 Å². The maximum Gasteiger partial charge on any atom is 0.165 e. The monoisotopic (exact) mass is 297 g/mol. The Hall–Kier alpha value is -1.19. The maximum absolute atomic E-state index is 6.12. The first-order chi connectivity index (χ1) is 9.58. The van der Waals surface area contributed by atoms with Gasteiger partial charge in [0.05, 0.1) is 13.7 Å². The molecule has 0 saturated carbocycles. The molecular weight excluding hydrogens is 274 g/mol. The Morgan fingerprint density at radius 1 is 1.40 bits per heavy atom. The van der Waals surface area contributed by atoms with Crippen molar-refractivity contribution in [3.8, 4) is 11.5 Å². The second-order valence-electron chi connectivity index (χ2n) is 5.05. The third-order valence-electron chi connectivity index (χ3n) is 2.75. The lowest BCUT2D eigenvalue weighted by molar-refractivity contribution is 0.296. The van der Waals surface area contributed by atoms with Gasteiger partial charge in [0.15, 0.2) is 11.5 Å². The van der Waals surface area contributed by atoms with Gasteiger partial charge in [-0.05, 0) is 24.9 Å². The predicted molar refractivity (Wildman–Crippen MR) is 84.9 cm³/mol. The Labute approximate surface area is 126 Å². The highest BCUT2D eigenvalue weighted by Gasteiger charge is 2.12. The van der Waals surface area contributed by atoms with Gasteiger partial charge >= 0.3 is 0 Å². The normalized spacial score (nSPS) is 10.7. The van der Waals surface area contributed by atoms with Crippen molar-refractivity contribution in [1.82, 2.24) is 5.32 Å². The quantitative estimate of drug-likeness (QED) is 0.551. The first-order valence-corrected chi connectivity index (χ1v) is 7.27. The SMILES string of the molecule is C=CCCOc1c(CNCC(C)C)cc(Cl)cc1OC. The van der Waals surface area contributed by atoms with E-state index < -0.39 is 0 Å². The standard InChI is InChI=1S/C16H24ClNO2/c1-5-6-7-20-16-13(11-18-10-12(2)3)8-14(17)9-15(16)19-4/h5,8-9,12,18H,1,6-7,10-11H2,2-4H3. The summed E-state index contributed by atoms with van der Waals surface area (Å²) < 4.78 is 11.2.